The molecule has 3 aliphatic carbocycles. The number of carbonyl (C=O) groups excluding carboxylic acids is 9. The maximum atomic E-state index is 14.7. The third-order valence-corrected chi connectivity index (χ3v) is 28.8. The van der Waals surface area contributed by atoms with Crippen molar-refractivity contribution in [3.8, 4) is 34.9 Å². The van der Waals surface area contributed by atoms with Crippen molar-refractivity contribution < 1.29 is 181 Å². The second kappa shape index (κ2) is 45.4. The van der Waals surface area contributed by atoms with E-state index in [1.54, 1.807) is 117 Å². The van der Waals surface area contributed by atoms with E-state index in [0.717, 1.165) is 105 Å². The summed E-state index contributed by atoms with van der Waals surface area (Å²) < 4.78 is 184. The number of fused-ring (bicyclic) bond motifs is 15. The number of hydrogen-bond donors (Lipinski definition) is 0. The van der Waals surface area contributed by atoms with Crippen LogP contribution in [0.15, 0.2) is 54.6 Å². The Morgan fingerprint density at radius 1 is 0.370 bits per heavy atom. The van der Waals surface area contributed by atoms with Crippen LogP contribution in [0.4, 0.5) is 39.5 Å². The van der Waals surface area contributed by atoms with Crippen LogP contribution >= 0.6 is 0 Å². The van der Waals surface area contributed by atoms with E-state index in [-0.39, 0.29) is 116 Å². The third-order valence-electron chi connectivity index (χ3n) is 28.8. The fraction of sp³-hybridized carbons (Fsp3) is 0.667. The molecule has 9 aliphatic rings. The summed E-state index contributed by atoms with van der Waals surface area (Å²) in [6.07, 6.45) is 0.468. The van der Waals surface area contributed by atoms with Crippen LogP contribution in [0.5, 0.6) is 34.9 Å². The molecule has 9 heterocycles. The van der Waals surface area contributed by atoms with Gasteiger partial charge in [0.05, 0.1) is 129 Å². The van der Waals surface area contributed by atoms with E-state index in [0.29, 0.717) is 119 Å². The van der Waals surface area contributed by atoms with Gasteiger partial charge in [-0.05, 0) is 199 Å². The quantitative estimate of drug-likeness (QED) is 0.0647. The average molecular weight is 2050 g/mol. The summed E-state index contributed by atoms with van der Waals surface area (Å²) in [5, 5.41) is 0. The van der Waals surface area contributed by atoms with Crippen LogP contribution in [0, 0.1) is 69.5 Å². The third kappa shape index (κ3) is 25.9. The number of carbonyl (C=O) groups is 6. The van der Waals surface area contributed by atoms with Crippen LogP contribution < -0.4 is 28.4 Å². The molecule has 0 unspecified atom stereocenters. The van der Waals surface area contributed by atoms with Crippen molar-refractivity contribution in [2.75, 3.05) is 41.0 Å². The van der Waals surface area contributed by atoms with E-state index in [9.17, 15) is 82.7 Å². The van der Waals surface area contributed by atoms with Crippen LogP contribution in [-0.4, -0.2) is 212 Å². The molecule has 18 atom stereocenters. The smallest absolute Gasteiger partial charge is 0.395 e. The number of ether oxygens (including phenoxy) is 9. The minimum atomic E-state index is -4.91. The van der Waals surface area contributed by atoms with Crippen molar-refractivity contribution in [3.63, 3.8) is 0 Å². The van der Waals surface area contributed by atoms with Crippen molar-refractivity contribution in [1.29, 1.82) is 0 Å². The molecule has 27 nitrogen and oxygen atoms in total. The Kier molecular flexibility index (Phi) is 36.6. The van der Waals surface area contributed by atoms with E-state index >= 15 is 0 Å². The molecule has 39 heteroatoms. The Morgan fingerprint density at radius 2 is 0.688 bits per heavy atom. The molecule has 3 saturated heterocycles. The summed E-state index contributed by atoms with van der Waals surface area (Å²) in [7, 11) is 4.47. The minimum Gasteiger partial charge on any atom is -0.540 e. The predicted octanol–water partition coefficient (Wildman–Crippen LogP) is 17.3. The van der Waals surface area contributed by atoms with Crippen LogP contribution in [0.25, 0.3) is 33.1 Å². The summed E-state index contributed by atoms with van der Waals surface area (Å²) >= 11 is 0. The molecule has 3 radical (unpaired) electrons. The largest absolute Gasteiger partial charge is 0.540 e. The number of esters is 3. The van der Waals surface area contributed by atoms with Gasteiger partial charge in [-0.3, -0.25) is 28.8 Å². The number of benzene rings is 3. The van der Waals surface area contributed by atoms with Gasteiger partial charge in [0.25, 0.3) is 0 Å². The first kappa shape index (κ1) is 111. The standard InChI is InChI=1S/C34H43F3N3O6.C33H41F3N3O6.C32H39F3N3O6.3V/c1-32(2,3)22-17-28(42)46-33(4)15-9-11-20(33)10-7-6-8-12-24-30(39-25-16-21(44-5)13-14-23(25)38-24)45-27-18-40(31(22)43)26(19-41)29(27)34(35,36)37;1-32(2,3)21-16-28(41)44-26-12-8-10-19(26)9-6-5-7-11-23-30(38-24-15-20(43-4)13-14-22(24)37-23)45-27-17-39(31(21)42)25(18-40)29(27)33(34,35)36;1-30(2,3)20-14-26(40)44-31(4)15-18(31)9-7-6-8-10-22-28(37-23-13-19(42-5)11-12-21(23)36-22)43-25-16-38(29(20)41)24(17-39)27(25)32(33,34)35;;;/h13-14,16,20,22,26-27,29H,6-12,15,17-18H2,1-5H3;13-15,19,21,25-27,29H,5-12,16-17H2,1-4H3;11-13,18,20,24-25,27H,6-10,14-16H2,1-5H3;;;/q3*-1;;;/t20-,22-,26-,27+,29+,33-;19-,21-,25-,26-,27+,29+;18-,20-,24-,25+,27+,31-;;;/m111.../s1. The van der Waals surface area contributed by atoms with E-state index in [1.165, 1.54) is 40.2 Å². The molecule has 6 aliphatic heterocycles. The summed E-state index contributed by atoms with van der Waals surface area (Å²) in [6.45, 7) is 17.8. The van der Waals surface area contributed by atoms with Crippen LogP contribution in [0.3, 0.4) is 0 Å². The summed E-state index contributed by atoms with van der Waals surface area (Å²) in [5.41, 5.74) is 0.178. The number of amides is 3. The van der Waals surface area contributed by atoms with E-state index in [4.69, 9.17) is 57.6 Å². The van der Waals surface area contributed by atoms with Crippen molar-refractivity contribution in [1.82, 2.24) is 44.6 Å². The molecule has 3 amide bonds. The molecular formula is C99H123F9N9O18V3-3. The van der Waals surface area contributed by atoms with Crippen LogP contribution in [-0.2, 0) is 132 Å². The van der Waals surface area contributed by atoms with E-state index < -0.39 is 173 Å². The molecule has 3 aromatic heterocycles. The van der Waals surface area contributed by atoms with Gasteiger partial charge in [-0.25, -0.2) is 48.8 Å². The van der Waals surface area contributed by atoms with Gasteiger partial charge in [0.2, 0.25) is 35.4 Å². The molecular weight excluding hydrogens is 1930 g/mol. The van der Waals surface area contributed by atoms with Crippen molar-refractivity contribution in [2.45, 2.75) is 309 Å². The number of hydrogen-bond acceptors (Lipinski definition) is 24. The molecule has 753 valence electrons. The topological polar surface area (TPSA) is 324 Å². The zero-order valence-corrected chi connectivity index (χ0v) is 84.5. The number of aryl methyl sites for hydroxylation is 3. The fourth-order valence-electron chi connectivity index (χ4n) is 20.8. The van der Waals surface area contributed by atoms with E-state index in [1.807, 2.05) is 13.8 Å². The van der Waals surface area contributed by atoms with Gasteiger partial charge in [-0.1, -0.05) is 101 Å². The van der Waals surface area contributed by atoms with Crippen molar-refractivity contribution in [2.24, 2.45) is 69.5 Å². The molecule has 0 N–H and O–H groups in total. The van der Waals surface area contributed by atoms with Crippen LogP contribution in [0.1, 0.15) is 235 Å². The molecule has 3 saturated carbocycles. The first-order valence-electron chi connectivity index (χ1n) is 47.0. The molecule has 6 bridgehead atoms. The molecule has 6 aromatic rings. The second-order valence-corrected chi connectivity index (χ2v) is 41.3. The Morgan fingerprint density at radius 3 is 1.02 bits per heavy atom. The zero-order chi connectivity index (χ0) is 98.0. The molecule has 3 aromatic carbocycles. The van der Waals surface area contributed by atoms with Crippen molar-refractivity contribution >= 4 is 87.6 Å². The summed E-state index contributed by atoms with van der Waals surface area (Å²) in [6, 6.07) is 9.34. The number of alkyl halides is 9. The first-order valence-corrected chi connectivity index (χ1v) is 47.0. The second-order valence-electron chi connectivity index (χ2n) is 41.3. The van der Waals surface area contributed by atoms with Gasteiger partial charge in [-0.15, -0.1) is 0 Å². The maximum absolute atomic E-state index is 14.7. The zero-order valence-electron chi connectivity index (χ0n) is 80.3. The summed E-state index contributed by atoms with van der Waals surface area (Å²) in [4.78, 5) is 149. The Balaban J connectivity index is 0.000000211. The number of methoxy groups -OCH3 is 3. The average Bonchev–Trinajstić information content (AvgIpc) is 1.70. The Bertz CT molecular complexity index is 5340. The molecule has 6 fully saturated rings. The number of aromatic nitrogens is 6. The Hall–Kier alpha value is -8.57. The molecule has 138 heavy (non-hydrogen) atoms. The monoisotopic (exact) mass is 2050 g/mol. The van der Waals surface area contributed by atoms with Gasteiger partial charge in [0.15, 0.2) is 0 Å². The fourth-order valence-corrected chi connectivity index (χ4v) is 20.8. The summed E-state index contributed by atoms with van der Waals surface area (Å²) in [5.74, 6) is -12.3. The van der Waals surface area contributed by atoms with Crippen molar-refractivity contribution in [3.05, 3.63) is 71.7 Å². The number of nitrogens with zero attached hydrogens (tertiary/aromatic N) is 9. The normalized spacial score (nSPS) is 29.1. The van der Waals surface area contributed by atoms with E-state index in [2.05, 4.69) is 15.0 Å². The van der Waals surface area contributed by atoms with Gasteiger partial charge in [0.1, 0.15) is 69.9 Å². The minimum absolute atomic E-state index is 0. The number of rotatable bonds is 6. The van der Waals surface area contributed by atoms with Crippen LogP contribution in [0.2, 0.25) is 0 Å². The molecule has 15 rings (SSSR count). The van der Waals surface area contributed by atoms with Gasteiger partial charge in [0, 0.05) is 79.8 Å². The molecule has 0 spiro atoms. The SMILES string of the molecule is COc1ccc2nc3c(nc2c1)O[C@H]1CN(C(=O)[C@H](C(C)(C)C)CC(=O)O[C@@H]2CCC[C@H]2CCCCC3)[C@H]([C-]=O)[C@@H]1C(F)(F)F.COc1ccc2nc3c(nc2c1)O[C@H]1CN(C(=O)[C@H](C(C)(C)C)CC(=O)O[C@]2(C)CCC[C@H]2CCCCC3)[C@H]([C-]=O)[C@@H]1C(F)(F)F.COc1ccc2nc3c(nc2c1)O[C@H]1CN(C(=O)[C@H](C(C)(C)C)CC(=O)O[C@]2(C)C[C@H]2CCCCC3)[C@H]([C-]=O)[C@@H]1C(F)(F)F.[V].[V].[V]. The van der Waals surface area contributed by atoms with Gasteiger partial charge in [-0.2, -0.15) is 39.5 Å². The maximum Gasteiger partial charge on any atom is 0.395 e. The Labute approximate surface area is 834 Å². The predicted molar refractivity (Wildman–Crippen MR) is 475 cm³/mol. The number of halogens is 9. The first-order chi connectivity index (χ1) is 63.6. The van der Waals surface area contributed by atoms with Gasteiger partial charge < -0.3 is 71.7 Å². The van der Waals surface area contributed by atoms with Gasteiger partial charge >= 0.3 is 36.4 Å².